The minimum absolute atomic E-state index is 0.0502. The van der Waals surface area contributed by atoms with Gasteiger partial charge < -0.3 is 4.74 Å². The van der Waals surface area contributed by atoms with Crippen LogP contribution in [0, 0.1) is 17.0 Å². The molecule has 39 heavy (non-hydrogen) atoms. The Hall–Kier alpha value is -4.23. The molecule has 1 aliphatic heterocycles. The van der Waals surface area contributed by atoms with Crippen LogP contribution in [-0.4, -0.2) is 22.8 Å². The number of rotatable bonds is 5. The molecule has 0 spiro atoms. The summed E-state index contributed by atoms with van der Waals surface area (Å²) < 4.78 is 45.3. The number of benzene rings is 3. The van der Waals surface area contributed by atoms with Gasteiger partial charge in [-0.25, -0.2) is 9.69 Å². The fourth-order valence-electron chi connectivity index (χ4n) is 3.62. The van der Waals surface area contributed by atoms with Gasteiger partial charge in [-0.2, -0.15) is 13.2 Å². The van der Waals surface area contributed by atoms with Crippen LogP contribution in [-0.2, 0) is 15.8 Å². The summed E-state index contributed by atoms with van der Waals surface area (Å²) in [7, 11) is 0. The van der Waals surface area contributed by atoms with E-state index in [2.05, 4.69) is 21.2 Å². The van der Waals surface area contributed by atoms with Crippen molar-refractivity contribution >= 4 is 62.8 Å². The number of imide groups is 2. The molecule has 200 valence electrons. The second-order valence-corrected chi connectivity index (χ2v) is 9.46. The number of hydrogen-bond acceptors (Lipinski definition) is 6. The van der Waals surface area contributed by atoms with Crippen molar-refractivity contribution < 1.29 is 37.2 Å². The molecule has 14 heteroatoms. The number of nitro benzene ring substituents is 1. The van der Waals surface area contributed by atoms with E-state index in [0.717, 1.165) is 17.0 Å². The number of amides is 4. The van der Waals surface area contributed by atoms with Crippen LogP contribution in [0.15, 0.2) is 64.6 Å². The quantitative estimate of drug-likeness (QED) is 0.144. The highest BCUT2D eigenvalue weighted by Crippen LogP contribution is 2.39. The Morgan fingerprint density at radius 2 is 1.74 bits per heavy atom. The maximum Gasteiger partial charge on any atom is 0.416 e. The molecule has 1 fully saturated rings. The van der Waals surface area contributed by atoms with Gasteiger partial charge in [-0.3, -0.25) is 25.0 Å². The normalized spacial score (nSPS) is 15.0. The molecule has 3 aromatic rings. The third kappa shape index (κ3) is 5.78. The average Bonchev–Trinajstić information content (AvgIpc) is 2.84. The number of halogens is 5. The van der Waals surface area contributed by atoms with E-state index in [4.69, 9.17) is 16.3 Å². The standard InChI is InChI=1S/C25H14BrClF3N3O6/c1-12-2-5-16(27)11-18(12)32-23(35)17(22(34)31-24(32)36)9-13-8-15(26)4-7-20(13)39-21-6-3-14(25(28,29)30)10-19(21)33(37)38/h2-11H,1H3,(H,31,34,36)/b17-9+. The topological polar surface area (TPSA) is 119 Å². The zero-order valence-electron chi connectivity index (χ0n) is 19.5. The molecule has 4 amide bonds. The third-order valence-electron chi connectivity index (χ3n) is 5.49. The minimum atomic E-state index is -4.82. The van der Waals surface area contributed by atoms with Gasteiger partial charge >= 0.3 is 17.9 Å². The molecule has 0 saturated carbocycles. The molecule has 1 N–H and O–H groups in total. The van der Waals surface area contributed by atoms with Crippen LogP contribution in [0.25, 0.3) is 6.08 Å². The summed E-state index contributed by atoms with van der Waals surface area (Å²) in [6.45, 7) is 1.63. The number of nitro groups is 1. The number of urea groups is 1. The lowest BCUT2D eigenvalue weighted by Gasteiger charge is -2.27. The number of nitrogens with zero attached hydrogens (tertiary/aromatic N) is 2. The van der Waals surface area contributed by atoms with Gasteiger partial charge in [-0.05, 0) is 61.0 Å². The van der Waals surface area contributed by atoms with Crippen molar-refractivity contribution in [1.29, 1.82) is 0 Å². The van der Waals surface area contributed by atoms with Gasteiger partial charge in [0.05, 0.1) is 16.2 Å². The molecule has 4 rings (SSSR count). The number of anilines is 1. The summed E-state index contributed by atoms with van der Waals surface area (Å²) in [6.07, 6.45) is -3.73. The van der Waals surface area contributed by atoms with Gasteiger partial charge in [0.25, 0.3) is 11.8 Å². The molecule has 0 radical (unpaired) electrons. The molecular formula is C25H14BrClF3N3O6. The monoisotopic (exact) mass is 623 g/mol. The Balaban J connectivity index is 1.78. The van der Waals surface area contributed by atoms with Gasteiger partial charge in [-0.1, -0.05) is 33.6 Å². The Kier molecular flexibility index (Phi) is 7.48. The lowest BCUT2D eigenvalue weighted by atomic mass is 10.0. The van der Waals surface area contributed by atoms with E-state index < -0.39 is 51.5 Å². The highest BCUT2D eigenvalue weighted by atomic mass is 79.9. The van der Waals surface area contributed by atoms with Crippen molar-refractivity contribution in [1.82, 2.24) is 5.32 Å². The van der Waals surface area contributed by atoms with E-state index >= 15 is 0 Å². The average molecular weight is 625 g/mol. The van der Waals surface area contributed by atoms with Crippen molar-refractivity contribution in [2.75, 3.05) is 4.90 Å². The first kappa shape index (κ1) is 27.8. The van der Waals surface area contributed by atoms with Crippen LogP contribution in [0.5, 0.6) is 11.5 Å². The molecule has 0 aromatic heterocycles. The number of carbonyl (C=O) groups is 3. The summed E-state index contributed by atoms with van der Waals surface area (Å²) in [5, 5.41) is 13.8. The van der Waals surface area contributed by atoms with Crippen LogP contribution < -0.4 is 15.0 Å². The van der Waals surface area contributed by atoms with Crippen LogP contribution in [0.2, 0.25) is 5.02 Å². The summed E-state index contributed by atoms with van der Waals surface area (Å²) in [5.41, 5.74) is -1.99. The molecule has 3 aromatic carbocycles. The van der Waals surface area contributed by atoms with Gasteiger partial charge in [0.15, 0.2) is 0 Å². The largest absolute Gasteiger partial charge is 0.449 e. The van der Waals surface area contributed by atoms with Crippen molar-refractivity contribution in [2.24, 2.45) is 0 Å². The van der Waals surface area contributed by atoms with Gasteiger partial charge in [0.1, 0.15) is 11.3 Å². The van der Waals surface area contributed by atoms with E-state index in [1.165, 1.54) is 24.3 Å². The van der Waals surface area contributed by atoms with Crippen molar-refractivity contribution in [3.63, 3.8) is 0 Å². The number of aryl methyl sites for hydroxylation is 1. The molecule has 0 bridgehead atoms. The second-order valence-electron chi connectivity index (χ2n) is 8.11. The predicted molar refractivity (Wildman–Crippen MR) is 138 cm³/mol. The number of nitrogens with one attached hydrogen (secondary N) is 1. The molecule has 9 nitrogen and oxygen atoms in total. The molecule has 1 saturated heterocycles. The highest BCUT2D eigenvalue weighted by molar-refractivity contribution is 9.10. The Bertz CT molecular complexity index is 1590. The van der Waals surface area contributed by atoms with E-state index in [9.17, 15) is 37.7 Å². The Morgan fingerprint density at radius 1 is 1.05 bits per heavy atom. The number of ether oxygens (including phenoxy) is 1. The maximum absolute atomic E-state index is 13.3. The summed E-state index contributed by atoms with van der Waals surface area (Å²) in [4.78, 5) is 49.7. The highest BCUT2D eigenvalue weighted by Gasteiger charge is 2.38. The maximum atomic E-state index is 13.3. The zero-order valence-corrected chi connectivity index (χ0v) is 21.8. The lowest BCUT2D eigenvalue weighted by molar-refractivity contribution is -0.385. The molecule has 0 atom stereocenters. The first-order valence-corrected chi connectivity index (χ1v) is 11.9. The Labute approximate surface area is 231 Å². The van der Waals surface area contributed by atoms with Crippen molar-refractivity contribution in [2.45, 2.75) is 13.1 Å². The molecule has 1 aliphatic rings. The number of hydrogen-bond donors (Lipinski definition) is 1. The van der Waals surface area contributed by atoms with Crippen LogP contribution >= 0.6 is 27.5 Å². The molecule has 0 unspecified atom stereocenters. The van der Waals surface area contributed by atoms with Gasteiger partial charge in [0.2, 0.25) is 5.75 Å². The van der Waals surface area contributed by atoms with Crippen molar-refractivity contribution in [3.05, 3.63) is 96.5 Å². The number of barbiturate groups is 1. The first-order chi connectivity index (χ1) is 18.3. The number of carbonyl (C=O) groups excluding carboxylic acids is 3. The predicted octanol–water partition coefficient (Wildman–Crippen LogP) is 6.80. The lowest BCUT2D eigenvalue weighted by Crippen LogP contribution is -2.54. The smallest absolute Gasteiger partial charge is 0.416 e. The summed E-state index contributed by atoms with van der Waals surface area (Å²) in [5.74, 6) is -2.65. The molecule has 0 aliphatic carbocycles. The fraction of sp³-hybridized carbons (Fsp3) is 0.0800. The van der Waals surface area contributed by atoms with Crippen molar-refractivity contribution in [3.8, 4) is 11.5 Å². The van der Waals surface area contributed by atoms with Crippen LogP contribution in [0.3, 0.4) is 0 Å². The van der Waals surface area contributed by atoms with Gasteiger partial charge in [0, 0.05) is 21.1 Å². The molecular weight excluding hydrogens is 611 g/mol. The third-order valence-corrected chi connectivity index (χ3v) is 6.22. The van der Waals surface area contributed by atoms with Crippen LogP contribution in [0.4, 0.5) is 29.3 Å². The van der Waals surface area contributed by atoms with E-state index in [1.54, 1.807) is 19.1 Å². The van der Waals surface area contributed by atoms with E-state index in [-0.39, 0.29) is 22.0 Å². The minimum Gasteiger partial charge on any atom is -0.449 e. The van der Waals surface area contributed by atoms with Gasteiger partial charge in [-0.15, -0.1) is 0 Å². The number of alkyl halides is 3. The molecule has 1 heterocycles. The summed E-state index contributed by atoms with van der Waals surface area (Å²) in [6, 6.07) is 9.46. The fourth-order valence-corrected chi connectivity index (χ4v) is 4.17. The van der Waals surface area contributed by atoms with E-state index in [0.29, 0.717) is 22.2 Å². The first-order valence-electron chi connectivity index (χ1n) is 10.8. The SMILES string of the molecule is Cc1ccc(Cl)cc1N1C(=O)NC(=O)/C(=C\c2cc(Br)ccc2Oc2ccc(C(F)(F)F)cc2[N+](=O)[O-])C1=O. The zero-order chi connectivity index (χ0) is 28.6. The van der Waals surface area contributed by atoms with Crippen LogP contribution in [0.1, 0.15) is 16.7 Å². The van der Waals surface area contributed by atoms with E-state index in [1.807, 2.05) is 0 Å². The Morgan fingerprint density at radius 3 is 2.41 bits per heavy atom. The summed E-state index contributed by atoms with van der Waals surface area (Å²) >= 11 is 9.27. The second kappa shape index (κ2) is 10.5.